The Balaban J connectivity index is 1.60. The number of carbonyl (C=O) groups is 1. The van der Waals surface area contributed by atoms with E-state index in [1.54, 1.807) is 22.9 Å². The fraction of sp³-hybridized carbons (Fsp3) is 0.333. The lowest BCUT2D eigenvalue weighted by Crippen LogP contribution is -2.37. The molecule has 1 aromatic carbocycles. The van der Waals surface area contributed by atoms with Crippen molar-refractivity contribution in [1.29, 1.82) is 0 Å². The van der Waals surface area contributed by atoms with Crippen LogP contribution in [-0.4, -0.2) is 33.5 Å². The Kier molecular flexibility index (Phi) is 5.32. The molecule has 4 rings (SSSR count). The van der Waals surface area contributed by atoms with E-state index in [0.717, 1.165) is 37.0 Å². The summed E-state index contributed by atoms with van der Waals surface area (Å²) in [6, 6.07) is 12.9. The highest BCUT2D eigenvalue weighted by molar-refractivity contribution is 5.89. The Bertz CT molecular complexity index is 1030. The Morgan fingerprint density at radius 3 is 2.61 bits per heavy atom. The summed E-state index contributed by atoms with van der Waals surface area (Å²) < 4.78 is 1.67. The van der Waals surface area contributed by atoms with Crippen molar-refractivity contribution < 1.29 is 4.79 Å². The largest absolute Gasteiger partial charge is 0.352 e. The number of pyridine rings is 1. The van der Waals surface area contributed by atoms with Crippen molar-refractivity contribution in [2.24, 2.45) is 0 Å². The average molecular weight is 377 g/mol. The number of rotatable bonds is 5. The van der Waals surface area contributed by atoms with Gasteiger partial charge in [0.25, 0.3) is 5.56 Å². The van der Waals surface area contributed by atoms with Crippen molar-refractivity contribution >= 4 is 28.6 Å². The summed E-state index contributed by atoms with van der Waals surface area (Å²) in [6.45, 7) is 1.99. The number of nitrogens with one attached hydrogen (secondary N) is 1. The molecule has 3 aromatic rings. The van der Waals surface area contributed by atoms with Crippen molar-refractivity contribution in [1.82, 2.24) is 14.5 Å². The molecule has 144 valence electrons. The van der Waals surface area contributed by atoms with Gasteiger partial charge in [-0.2, -0.15) is 0 Å². The Morgan fingerprint density at radius 1 is 1.04 bits per heavy atom. The monoisotopic (exact) mass is 377 g/mol. The summed E-state index contributed by atoms with van der Waals surface area (Å²) >= 11 is 0. The van der Waals surface area contributed by atoms with Gasteiger partial charge in [0.15, 0.2) is 5.82 Å². The van der Waals surface area contributed by atoms with Crippen molar-refractivity contribution in [2.45, 2.75) is 32.2 Å². The summed E-state index contributed by atoms with van der Waals surface area (Å²) in [6.07, 6.45) is 5.14. The Morgan fingerprint density at radius 2 is 1.82 bits per heavy atom. The predicted octanol–water partition coefficient (Wildman–Crippen LogP) is 2.81. The number of piperidine rings is 1. The number of nitrogens with zero attached hydrogens (tertiary/aromatic N) is 4. The third-order valence-corrected chi connectivity index (χ3v) is 4.99. The van der Waals surface area contributed by atoms with Crippen LogP contribution < -0.4 is 15.8 Å². The number of fused-ring (bicyclic) bond motifs is 1. The minimum Gasteiger partial charge on any atom is -0.352 e. The van der Waals surface area contributed by atoms with Crippen LogP contribution >= 0.6 is 0 Å². The summed E-state index contributed by atoms with van der Waals surface area (Å²) in [7, 11) is 0. The van der Waals surface area contributed by atoms with Gasteiger partial charge < -0.3 is 14.8 Å². The molecular weight excluding hydrogens is 354 g/mol. The second-order valence-electron chi connectivity index (χ2n) is 6.94. The summed E-state index contributed by atoms with van der Waals surface area (Å²) in [4.78, 5) is 36.3. The molecule has 2 aromatic heterocycles. The van der Waals surface area contributed by atoms with Gasteiger partial charge in [0.2, 0.25) is 5.91 Å². The van der Waals surface area contributed by atoms with Gasteiger partial charge in [0.1, 0.15) is 5.82 Å². The van der Waals surface area contributed by atoms with Gasteiger partial charge in [-0.15, -0.1) is 0 Å². The van der Waals surface area contributed by atoms with Crippen LogP contribution in [0.15, 0.2) is 53.5 Å². The van der Waals surface area contributed by atoms with Crippen LogP contribution in [0.2, 0.25) is 0 Å². The van der Waals surface area contributed by atoms with Crippen molar-refractivity contribution in [3.05, 3.63) is 59.0 Å². The first-order chi connectivity index (χ1) is 13.7. The number of carbonyl (C=O) groups excluding carboxylic acids is 1. The fourth-order valence-electron chi connectivity index (χ4n) is 3.57. The predicted molar refractivity (Wildman–Crippen MR) is 110 cm³/mol. The van der Waals surface area contributed by atoms with E-state index in [0.29, 0.717) is 18.2 Å². The Hall–Kier alpha value is -3.22. The van der Waals surface area contributed by atoms with E-state index in [1.807, 2.05) is 30.3 Å². The second kappa shape index (κ2) is 8.21. The molecule has 1 saturated heterocycles. The number of hydrogen-bond acceptors (Lipinski definition) is 5. The lowest BCUT2D eigenvalue weighted by atomic mass is 10.1. The lowest BCUT2D eigenvalue weighted by molar-refractivity contribution is -0.116. The highest BCUT2D eigenvalue weighted by atomic mass is 16.2. The van der Waals surface area contributed by atoms with E-state index in [-0.39, 0.29) is 17.9 Å². The average Bonchev–Trinajstić information content (AvgIpc) is 2.74. The molecule has 0 bridgehead atoms. The van der Waals surface area contributed by atoms with Crippen molar-refractivity contribution in [2.75, 3.05) is 23.3 Å². The van der Waals surface area contributed by atoms with E-state index in [2.05, 4.69) is 20.2 Å². The maximum Gasteiger partial charge on any atom is 0.294 e. The van der Waals surface area contributed by atoms with Crippen LogP contribution in [0, 0.1) is 0 Å². The summed E-state index contributed by atoms with van der Waals surface area (Å²) in [5, 5.41) is 2.77. The maximum absolute atomic E-state index is 13.2. The highest BCUT2D eigenvalue weighted by Gasteiger charge is 2.19. The Labute approximate surface area is 163 Å². The van der Waals surface area contributed by atoms with Crippen LogP contribution in [0.4, 0.5) is 11.6 Å². The molecule has 0 unspecified atom stereocenters. The number of benzene rings is 1. The van der Waals surface area contributed by atoms with Gasteiger partial charge in [0, 0.05) is 32.3 Å². The molecule has 0 spiro atoms. The van der Waals surface area contributed by atoms with E-state index in [1.165, 1.54) is 6.42 Å². The number of hydrogen-bond donors (Lipinski definition) is 1. The van der Waals surface area contributed by atoms with E-state index in [9.17, 15) is 9.59 Å². The van der Waals surface area contributed by atoms with E-state index < -0.39 is 0 Å². The molecule has 1 fully saturated rings. The van der Waals surface area contributed by atoms with Crippen LogP contribution in [-0.2, 0) is 11.3 Å². The molecule has 7 heteroatoms. The second-order valence-corrected chi connectivity index (χ2v) is 6.94. The first kappa shape index (κ1) is 18.2. The van der Waals surface area contributed by atoms with Gasteiger partial charge in [-0.05, 0) is 43.5 Å². The van der Waals surface area contributed by atoms with Crippen molar-refractivity contribution in [3.63, 3.8) is 0 Å². The van der Waals surface area contributed by atoms with Crippen LogP contribution in [0.3, 0.4) is 0 Å². The zero-order valence-corrected chi connectivity index (χ0v) is 15.7. The van der Waals surface area contributed by atoms with Crippen LogP contribution in [0.25, 0.3) is 11.0 Å². The zero-order chi connectivity index (χ0) is 19.3. The third kappa shape index (κ3) is 3.88. The number of anilines is 2. The van der Waals surface area contributed by atoms with Gasteiger partial charge >= 0.3 is 0 Å². The number of amides is 1. The molecule has 3 heterocycles. The minimum absolute atomic E-state index is 0.133. The molecule has 0 saturated carbocycles. The number of aryl methyl sites for hydroxylation is 1. The fourth-order valence-corrected chi connectivity index (χ4v) is 3.57. The maximum atomic E-state index is 13.2. The SMILES string of the molecule is O=C(CCn1c(=O)c(N2CCCCC2)nc2ccccc21)Nc1ccccn1. The topological polar surface area (TPSA) is 80.1 Å². The van der Waals surface area contributed by atoms with Crippen LogP contribution in [0.5, 0.6) is 0 Å². The van der Waals surface area contributed by atoms with Gasteiger partial charge in [-0.3, -0.25) is 9.59 Å². The molecule has 1 amide bonds. The number of aromatic nitrogens is 3. The molecule has 1 aliphatic heterocycles. The quantitative estimate of drug-likeness (QED) is 0.740. The molecule has 0 radical (unpaired) electrons. The van der Waals surface area contributed by atoms with E-state index >= 15 is 0 Å². The van der Waals surface area contributed by atoms with Crippen molar-refractivity contribution in [3.8, 4) is 0 Å². The highest BCUT2D eigenvalue weighted by Crippen LogP contribution is 2.18. The molecule has 0 atom stereocenters. The first-order valence-corrected chi connectivity index (χ1v) is 9.68. The van der Waals surface area contributed by atoms with Gasteiger partial charge in [-0.1, -0.05) is 18.2 Å². The zero-order valence-electron chi connectivity index (χ0n) is 15.7. The molecular formula is C21H23N5O2. The normalized spacial score (nSPS) is 14.2. The molecule has 1 N–H and O–H groups in total. The lowest BCUT2D eigenvalue weighted by Gasteiger charge is -2.27. The minimum atomic E-state index is -0.175. The summed E-state index contributed by atoms with van der Waals surface area (Å²) in [5.74, 6) is 0.822. The van der Waals surface area contributed by atoms with E-state index in [4.69, 9.17) is 0 Å². The standard InChI is InChI=1S/C21H23N5O2/c27-19(24-18-10-4-5-12-22-18)11-15-26-17-9-3-2-8-16(17)23-20(21(26)28)25-13-6-1-7-14-25/h2-5,8-10,12H,1,6-7,11,13-15H2,(H,22,24,27). The summed E-state index contributed by atoms with van der Waals surface area (Å²) in [5.41, 5.74) is 1.39. The van der Waals surface area contributed by atoms with Gasteiger partial charge in [0.05, 0.1) is 11.0 Å². The third-order valence-electron chi connectivity index (χ3n) is 4.99. The molecule has 1 aliphatic rings. The molecule has 0 aliphatic carbocycles. The van der Waals surface area contributed by atoms with Crippen LogP contribution in [0.1, 0.15) is 25.7 Å². The first-order valence-electron chi connectivity index (χ1n) is 9.68. The molecule has 28 heavy (non-hydrogen) atoms. The number of para-hydroxylation sites is 2. The molecule has 7 nitrogen and oxygen atoms in total. The smallest absolute Gasteiger partial charge is 0.294 e. The van der Waals surface area contributed by atoms with Gasteiger partial charge in [-0.25, -0.2) is 9.97 Å².